The quantitative estimate of drug-likeness (QED) is 0.638. The van der Waals surface area contributed by atoms with E-state index in [0.29, 0.717) is 13.1 Å². The molecule has 0 bridgehead atoms. The van der Waals surface area contributed by atoms with E-state index in [1.165, 1.54) is 38.8 Å². The zero-order valence-corrected chi connectivity index (χ0v) is 16.9. The van der Waals surface area contributed by atoms with E-state index in [1.54, 1.807) is 13.8 Å². The third-order valence-electron chi connectivity index (χ3n) is 4.51. The number of halogens is 2. The normalized spacial score (nSPS) is 15.9. The number of methoxy groups -OCH3 is 1. The first-order chi connectivity index (χ1) is 13.2. The summed E-state index contributed by atoms with van der Waals surface area (Å²) in [7, 11) is -2.25. The molecule has 1 amide bonds. The number of hydrogen-bond donors (Lipinski definition) is 0. The number of rotatable bonds is 8. The maximum absolute atomic E-state index is 12.7. The van der Waals surface area contributed by atoms with Crippen LogP contribution in [0.1, 0.15) is 24.2 Å². The van der Waals surface area contributed by atoms with Crippen LogP contribution >= 0.6 is 0 Å². The van der Waals surface area contributed by atoms with Crippen molar-refractivity contribution >= 4 is 16.1 Å². The van der Waals surface area contributed by atoms with E-state index in [4.69, 9.17) is 4.74 Å². The number of carbonyl (C=O) groups is 1. The van der Waals surface area contributed by atoms with Gasteiger partial charge in [0.25, 0.3) is 16.1 Å². The zero-order valence-electron chi connectivity index (χ0n) is 16.1. The van der Waals surface area contributed by atoms with E-state index in [0.717, 1.165) is 0 Å². The molecule has 0 atom stereocenters. The van der Waals surface area contributed by atoms with Gasteiger partial charge in [-0.2, -0.15) is 25.8 Å². The predicted molar refractivity (Wildman–Crippen MR) is 98.9 cm³/mol. The second-order valence-electron chi connectivity index (χ2n) is 6.03. The Morgan fingerprint density at radius 2 is 1.75 bits per heavy atom. The van der Waals surface area contributed by atoms with E-state index in [1.807, 2.05) is 0 Å². The van der Waals surface area contributed by atoms with E-state index >= 15 is 0 Å². The molecule has 0 radical (unpaired) electrons. The van der Waals surface area contributed by atoms with E-state index in [9.17, 15) is 22.0 Å². The highest BCUT2D eigenvalue weighted by Crippen LogP contribution is 2.30. The van der Waals surface area contributed by atoms with Crippen molar-refractivity contribution in [1.82, 2.24) is 13.5 Å². The molecule has 1 aliphatic heterocycles. The largest absolute Gasteiger partial charge is 0.493 e. The van der Waals surface area contributed by atoms with E-state index < -0.39 is 16.8 Å². The Balaban J connectivity index is 2.07. The summed E-state index contributed by atoms with van der Waals surface area (Å²) in [6, 6.07) is 3.96. The highest BCUT2D eigenvalue weighted by atomic mass is 32.2. The Kier molecular flexibility index (Phi) is 7.55. The van der Waals surface area contributed by atoms with Gasteiger partial charge in [-0.1, -0.05) is 13.8 Å². The van der Waals surface area contributed by atoms with Gasteiger partial charge in [0.1, 0.15) is 0 Å². The molecule has 1 heterocycles. The van der Waals surface area contributed by atoms with Crippen LogP contribution in [-0.2, 0) is 10.2 Å². The smallest absolute Gasteiger partial charge is 0.387 e. The minimum atomic E-state index is -3.54. The lowest BCUT2D eigenvalue weighted by Gasteiger charge is -2.36. The number of hydrogen-bond acceptors (Lipinski definition) is 5. The number of alkyl halides is 2. The van der Waals surface area contributed by atoms with E-state index in [2.05, 4.69) is 4.74 Å². The number of nitrogens with zero attached hydrogens (tertiary/aromatic N) is 3. The van der Waals surface area contributed by atoms with E-state index in [-0.39, 0.29) is 49.1 Å². The fourth-order valence-electron chi connectivity index (χ4n) is 3.01. The van der Waals surface area contributed by atoms with Gasteiger partial charge >= 0.3 is 6.61 Å². The van der Waals surface area contributed by atoms with Crippen molar-refractivity contribution in [2.75, 3.05) is 46.4 Å². The average molecular weight is 421 g/mol. The van der Waals surface area contributed by atoms with Crippen molar-refractivity contribution < 1.29 is 31.5 Å². The molecule has 0 spiro atoms. The fourth-order valence-corrected chi connectivity index (χ4v) is 4.62. The molecule has 2 rings (SSSR count). The van der Waals surface area contributed by atoms with Crippen LogP contribution in [0.4, 0.5) is 8.78 Å². The number of amides is 1. The van der Waals surface area contributed by atoms with Crippen LogP contribution in [0.3, 0.4) is 0 Å². The Hall–Kier alpha value is -1.98. The Morgan fingerprint density at radius 1 is 1.14 bits per heavy atom. The van der Waals surface area contributed by atoms with Crippen LogP contribution in [0.5, 0.6) is 11.5 Å². The lowest BCUT2D eigenvalue weighted by atomic mass is 10.1. The summed E-state index contributed by atoms with van der Waals surface area (Å²) in [5, 5.41) is 0. The Morgan fingerprint density at radius 3 is 2.25 bits per heavy atom. The summed E-state index contributed by atoms with van der Waals surface area (Å²) in [4.78, 5) is 14.2. The molecular weight excluding hydrogens is 396 g/mol. The fraction of sp³-hybridized carbons (Fsp3) is 0.588. The molecule has 1 aliphatic rings. The first-order valence-corrected chi connectivity index (χ1v) is 10.3. The van der Waals surface area contributed by atoms with Gasteiger partial charge in [-0.15, -0.1) is 0 Å². The molecule has 0 aromatic heterocycles. The zero-order chi connectivity index (χ0) is 20.9. The highest BCUT2D eigenvalue weighted by Gasteiger charge is 2.32. The summed E-state index contributed by atoms with van der Waals surface area (Å²) in [5.74, 6) is -0.472. The lowest BCUT2D eigenvalue weighted by Crippen LogP contribution is -2.54. The van der Waals surface area contributed by atoms with Gasteiger partial charge in [-0.3, -0.25) is 4.79 Å². The van der Waals surface area contributed by atoms with Crippen molar-refractivity contribution in [2.45, 2.75) is 20.5 Å². The van der Waals surface area contributed by atoms with Crippen LogP contribution in [0, 0.1) is 0 Å². The predicted octanol–water partition coefficient (Wildman–Crippen LogP) is 1.64. The van der Waals surface area contributed by atoms with Gasteiger partial charge in [0, 0.05) is 44.8 Å². The SMILES string of the molecule is CCN(CC)S(=O)(=O)N1CCN(C(=O)c2ccc(OC(F)F)c(OC)c2)CC1. The number of carbonyl (C=O) groups excluding carboxylic acids is 1. The molecule has 1 aromatic carbocycles. The van der Waals surface area contributed by atoms with Crippen LogP contribution in [0.25, 0.3) is 0 Å². The molecule has 28 heavy (non-hydrogen) atoms. The van der Waals surface area contributed by atoms with Crippen LogP contribution in [0.2, 0.25) is 0 Å². The molecule has 11 heteroatoms. The monoisotopic (exact) mass is 421 g/mol. The van der Waals surface area contributed by atoms with Crippen LogP contribution < -0.4 is 9.47 Å². The van der Waals surface area contributed by atoms with Gasteiger partial charge in [0.05, 0.1) is 7.11 Å². The molecule has 0 unspecified atom stereocenters. The molecule has 8 nitrogen and oxygen atoms in total. The molecule has 1 fully saturated rings. The maximum atomic E-state index is 12.7. The van der Waals surface area contributed by atoms with Crippen molar-refractivity contribution in [2.24, 2.45) is 0 Å². The van der Waals surface area contributed by atoms with Crippen molar-refractivity contribution in [3.8, 4) is 11.5 Å². The minimum absolute atomic E-state index is 0.0221. The summed E-state index contributed by atoms with van der Waals surface area (Å²) >= 11 is 0. The standard InChI is InChI=1S/C17H25F2N3O5S/c1-4-21(5-2)28(24,25)22-10-8-20(9-11-22)16(23)13-6-7-14(27-17(18)19)15(12-13)26-3/h6-7,12,17H,4-5,8-11H2,1-3H3. The first kappa shape index (κ1) is 22.3. The summed E-state index contributed by atoms with van der Waals surface area (Å²) in [6.07, 6.45) is 0. The molecule has 1 aromatic rings. The molecule has 158 valence electrons. The maximum Gasteiger partial charge on any atom is 0.387 e. The van der Waals surface area contributed by atoms with Gasteiger partial charge in [-0.05, 0) is 18.2 Å². The number of ether oxygens (including phenoxy) is 2. The minimum Gasteiger partial charge on any atom is -0.493 e. The Bertz CT molecular complexity index is 779. The van der Waals surface area contributed by atoms with Gasteiger partial charge < -0.3 is 14.4 Å². The van der Waals surface area contributed by atoms with Crippen molar-refractivity contribution in [3.05, 3.63) is 23.8 Å². The second kappa shape index (κ2) is 9.48. The molecule has 1 saturated heterocycles. The van der Waals surface area contributed by atoms with Gasteiger partial charge in [0.2, 0.25) is 0 Å². The molecule has 0 saturated carbocycles. The first-order valence-electron chi connectivity index (χ1n) is 8.91. The van der Waals surface area contributed by atoms with Gasteiger partial charge in [0.15, 0.2) is 11.5 Å². The highest BCUT2D eigenvalue weighted by molar-refractivity contribution is 7.86. The average Bonchev–Trinajstić information content (AvgIpc) is 2.68. The summed E-state index contributed by atoms with van der Waals surface area (Å²) in [6.45, 7) is 2.15. The third-order valence-corrected chi connectivity index (χ3v) is 6.70. The number of benzene rings is 1. The molecule has 0 N–H and O–H groups in total. The molecule has 0 aliphatic carbocycles. The summed E-state index contributed by atoms with van der Waals surface area (Å²) in [5.41, 5.74) is 0.249. The van der Waals surface area contributed by atoms with Crippen molar-refractivity contribution in [1.29, 1.82) is 0 Å². The van der Waals surface area contributed by atoms with Gasteiger partial charge in [-0.25, -0.2) is 0 Å². The topological polar surface area (TPSA) is 79.4 Å². The van der Waals surface area contributed by atoms with Crippen LogP contribution in [0.15, 0.2) is 18.2 Å². The molecular formula is C17H25F2N3O5S. The third kappa shape index (κ3) is 4.89. The Labute approximate surface area is 163 Å². The van der Waals surface area contributed by atoms with Crippen molar-refractivity contribution in [3.63, 3.8) is 0 Å². The lowest BCUT2D eigenvalue weighted by molar-refractivity contribution is -0.0512. The second-order valence-corrected chi connectivity index (χ2v) is 7.96. The number of piperazine rings is 1. The van der Waals surface area contributed by atoms with Crippen LogP contribution in [-0.4, -0.2) is 80.8 Å². The summed E-state index contributed by atoms with van der Waals surface area (Å²) < 4.78 is 62.1.